The fourth-order valence-corrected chi connectivity index (χ4v) is 1.98. The van der Waals surface area contributed by atoms with E-state index in [1.54, 1.807) is 0 Å². The van der Waals surface area contributed by atoms with Gasteiger partial charge < -0.3 is 16.0 Å². The predicted octanol–water partition coefficient (Wildman–Crippen LogP) is 1.02. The van der Waals surface area contributed by atoms with E-state index in [9.17, 15) is 10.0 Å². The molecule has 18 heavy (non-hydrogen) atoms. The highest BCUT2D eigenvalue weighted by atomic mass is 16.5. The zero-order valence-corrected chi connectivity index (χ0v) is 9.98. The number of hydrogen-bond donors (Lipinski definition) is 2. The maximum Gasteiger partial charge on any atom is 0.223 e. The van der Waals surface area contributed by atoms with Crippen molar-refractivity contribution in [2.75, 3.05) is 6.54 Å². The van der Waals surface area contributed by atoms with Crippen LogP contribution in [0.5, 0.6) is 0 Å². The van der Waals surface area contributed by atoms with Crippen LogP contribution in [0.15, 0.2) is 30.3 Å². The van der Waals surface area contributed by atoms with E-state index in [1.807, 2.05) is 35.8 Å². The molecule has 1 aliphatic rings. The van der Waals surface area contributed by atoms with E-state index in [1.165, 1.54) is 0 Å². The summed E-state index contributed by atoms with van der Waals surface area (Å²) in [4.78, 5) is 11.4. The van der Waals surface area contributed by atoms with Crippen molar-refractivity contribution in [2.45, 2.75) is 18.9 Å². The lowest BCUT2D eigenvalue weighted by Crippen LogP contribution is -2.28. The van der Waals surface area contributed by atoms with E-state index >= 15 is 0 Å². The molecule has 0 aliphatic carbocycles. The van der Waals surface area contributed by atoms with Gasteiger partial charge in [0.1, 0.15) is 0 Å². The van der Waals surface area contributed by atoms with Crippen molar-refractivity contribution in [1.82, 2.24) is 10.8 Å². The average molecular weight is 243 g/mol. The second kappa shape index (κ2) is 6.20. The highest BCUT2D eigenvalue weighted by Gasteiger charge is 2.25. The first-order valence-corrected chi connectivity index (χ1v) is 6.01. The summed E-state index contributed by atoms with van der Waals surface area (Å²) >= 11 is 0. The minimum Gasteiger partial charge on any atom is -0.787 e. The maximum atomic E-state index is 11.4. The number of hydrogen-bond acceptors (Lipinski definition) is 3. The average Bonchev–Trinajstić information content (AvgIpc) is 2.81. The summed E-state index contributed by atoms with van der Waals surface area (Å²) in [6.07, 6.45) is 1.25. The molecular formula is C14H15N2O2-. The second-order valence-electron chi connectivity index (χ2n) is 4.32. The number of rotatable bonds is 3. The van der Waals surface area contributed by atoms with Crippen molar-refractivity contribution in [3.05, 3.63) is 41.1 Å². The van der Waals surface area contributed by atoms with Gasteiger partial charge in [0.05, 0.1) is 6.04 Å². The van der Waals surface area contributed by atoms with Crippen LogP contribution in [0.25, 0.3) is 0 Å². The number of benzene rings is 1. The van der Waals surface area contributed by atoms with Crippen LogP contribution in [-0.2, 0) is 4.79 Å². The van der Waals surface area contributed by atoms with Crippen molar-refractivity contribution in [2.24, 2.45) is 5.92 Å². The van der Waals surface area contributed by atoms with Gasteiger partial charge in [-0.15, -0.1) is 0 Å². The number of carbonyl (C=O) groups is 1. The highest BCUT2D eigenvalue weighted by molar-refractivity contribution is 5.80. The van der Waals surface area contributed by atoms with Gasteiger partial charge in [-0.2, -0.15) is 0 Å². The van der Waals surface area contributed by atoms with Crippen molar-refractivity contribution in [3.63, 3.8) is 0 Å². The lowest BCUT2D eigenvalue weighted by molar-refractivity contribution is -0.122. The Balaban J connectivity index is 1.97. The molecule has 0 bridgehead atoms. The van der Waals surface area contributed by atoms with Crippen molar-refractivity contribution < 1.29 is 4.79 Å². The third kappa shape index (κ3) is 3.33. The Morgan fingerprint density at radius 3 is 2.83 bits per heavy atom. The topological polar surface area (TPSA) is 64.2 Å². The summed E-state index contributed by atoms with van der Waals surface area (Å²) in [6.45, 7) is 0.696. The van der Waals surface area contributed by atoms with Gasteiger partial charge in [-0.05, 0) is 25.0 Å². The van der Waals surface area contributed by atoms with Crippen LogP contribution < -0.4 is 10.8 Å². The van der Waals surface area contributed by atoms with E-state index in [0.717, 1.165) is 12.0 Å². The summed E-state index contributed by atoms with van der Waals surface area (Å²) in [5, 5.41) is 13.6. The number of carbonyl (C=O) groups excluding carboxylic acids is 1. The predicted molar refractivity (Wildman–Crippen MR) is 69.3 cm³/mol. The quantitative estimate of drug-likeness (QED) is 0.615. The molecule has 1 aromatic rings. The van der Waals surface area contributed by atoms with Crippen molar-refractivity contribution in [3.8, 4) is 11.8 Å². The van der Waals surface area contributed by atoms with E-state index in [0.29, 0.717) is 13.0 Å². The van der Waals surface area contributed by atoms with Crippen LogP contribution in [0.2, 0.25) is 0 Å². The van der Waals surface area contributed by atoms with Gasteiger partial charge >= 0.3 is 0 Å². The van der Waals surface area contributed by atoms with Crippen LogP contribution in [0.3, 0.4) is 0 Å². The van der Waals surface area contributed by atoms with Crippen LogP contribution >= 0.6 is 0 Å². The molecule has 1 aliphatic heterocycles. The Morgan fingerprint density at radius 1 is 1.44 bits per heavy atom. The molecule has 2 rings (SSSR count). The molecule has 4 nitrogen and oxygen atoms in total. The van der Waals surface area contributed by atoms with Gasteiger partial charge in [-0.25, -0.2) is 0 Å². The number of nitrogens with one attached hydrogen (secondary N) is 2. The SMILES string of the molecule is O=C1NCCC1CC(C#Cc1ccccc1)N[O-]. The third-order valence-electron chi connectivity index (χ3n) is 2.99. The third-order valence-corrected chi connectivity index (χ3v) is 2.99. The largest absolute Gasteiger partial charge is 0.787 e. The Hall–Kier alpha value is -1.83. The first-order chi connectivity index (χ1) is 8.79. The van der Waals surface area contributed by atoms with Gasteiger partial charge in [-0.3, -0.25) is 4.79 Å². The molecule has 2 N–H and O–H groups in total. The normalized spacial score (nSPS) is 19.8. The first-order valence-electron chi connectivity index (χ1n) is 6.01. The van der Waals surface area contributed by atoms with E-state index in [4.69, 9.17) is 0 Å². The number of hydroxylamine groups is 1. The van der Waals surface area contributed by atoms with Crippen LogP contribution in [-0.4, -0.2) is 18.5 Å². The Kier molecular flexibility index (Phi) is 4.35. The van der Waals surface area contributed by atoms with Gasteiger partial charge in [0.2, 0.25) is 5.91 Å². The van der Waals surface area contributed by atoms with Crippen molar-refractivity contribution >= 4 is 5.91 Å². The summed E-state index contributed by atoms with van der Waals surface area (Å²) in [5.41, 5.74) is 2.79. The maximum absolute atomic E-state index is 11.4. The van der Waals surface area contributed by atoms with Gasteiger partial charge in [0.15, 0.2) is 0 Å². The zero-order valence-electron chi connectivity index (χ0n) is 9.98. The Labute approximate surface area is 106 Å². The Bertz CT molecular complexity index is 462. The minimum atomic E-state index is -0.487. The van der Waals surface area contributed by atoms with E-state index in [-0.39, 0.29) is 11.8 Å². The molecule has 1 heterocycles. The lowest BCUT2D eigenvalue weighted by atomic mass is 9.99. The summed E-state index contributed by atoms with van der Waals surface area (Å²) in [6, 6.07) is 8.99. The zero-order chi connectivity index (χ0) is 12.8. The molecule has 1 aromatic carbocycles. The van der Waals surface area contributed by atoms with Crippen LogP contribution in [0, 0.1) is 23.0 Å². The summed E-state index contributed by atoms with van der Waals surface area (Å²) in [7, 11) is 0. The lowest BCUT2D eigenvalue weighted by Gasteiger charge is -2.18. The molecule has 0 radical (unpaired) electrons. The molecule has 0 aromatic heterocycles. The molecule has 4 heteroatoms. The number of amides is 1. The van der Waals surface area contributed by atoms with Crippen molar-refractivity contribution in [1.29, 1.82) is 0 Å². The molecule has 1 fully saturated rings. The summed E-state index contributed by atoms with van der Waals surface area (Å²) in [5.74, 6) is 5.75. The van der Waals surface area contributed by atoms with E-state index in [2.05, 4.69) is 17.2 Å². The fourth-order valence-electron chi connectivity index (χ4n) is 1.98. The molecule has 0 spiro atoms. The van der Waals surface area contributed by atoms with Gasteiger partial charge in [0, 0.05) is 18.0 Å². The summed E-state index contributed by atoms with van der Waals surface area (Å²) < 4.78 is 0. The molecule has 0 saturated carbocycles. The molecule has 1 saturated heterocycles. The monoisotopic (exact) mass is 243 g/mol. The molecule has 2 unspecified atom stereocenters. The second-order valence-corrected chi connectivity index (χ2v) is 4.32. The molecule has 2 atom stereocenters. The smallest absolute Gasteiger partial charge is 0.223 e. The fraction of sp³-hybridized carbons (Fsp3) is 0.357. The first kappa shape index (κ1) is 12.6. The highest BCUT2D eigenvalue weighted by Crippen LogP contribution is 2.15. The molecular weight excluding hydrogens is 228 g/mol. The molecule has 1 amide bonds. The van der Waals surface area contributed by atoms with Gasteiger partial charge in [-0.1, -0.05) is 30.0 Å². The van der Waals surface area contributed by atoms with E-state index < -0.39 is 6.04 Å². The van der Waals surface area contributed by atoms with Crippen LogP contribution in [0.1, 0.15) is 18.4 Å². The minimum absolute atomic E-state index is 0.0248. The Morgan fingerprint density at radius 2 is 2.22 bits per heavy atom. The van der Waals surface area contributed by atoms with Crippen LogP contribution in [0.4, 0.5) is 0 Å². The standard InChI is InChI=1S/C14H15N2O2/c17-14-12(8-9-15-14)10-13(16-18)7-6-11-4-2-1-3-5-11/h1-5,12-13,16H,8-10H2,(H,15,17)/q-1. The molecule has 94 valence electrons. The van der Waals surface area contributed by atoms with Gasteiger partial charge in [0.25, 0.3) is 0 Å².